The molecule has 0 fully saturated rings. The Hall–Kier alpha value is -2.07. The van der Waals surface area contributed by atoms with Crippen LogP contribution in [0.2, 0.25) is 0 Å². The van der Waals surface area contributed by atoms with Gasteiger partial charge in [0.2, 0.25) is 0 Å². The minimum atomic E-state index is -0.161. The van der Waals surface area contributed by atoms with Gasteiger partial charge in [-0.3, -0.25) is 4.79 Å². The summed E-state index contributed by atoms with van der Waals surface area (Å²) in [6, 6.07) is 13.7. The Labute approximate surface area is 112 Å². The molecule has 19 heavy (non-hydrogen) atoms. The van der Waals surface area contributed by atoms with E-state index in [1.807, 2.05) is 49.4 Å². The summed E-state index contributed by atoms with van der Waals surface area (Å²) in [6.45, 7) is 2.28. The molecule has 4 nitrogen and oxygen atoms in total. The maximum Gasteiger partial charge on any atom is 0.258 e. The number of nitrogens with one attached hydrogen (secondary N) is 1. The van der Waals surface area contributed by atoms with E-state index in [1.165, 1.54) is 0 Å². The van der Waals surface area contributed by atoms with Gasteiger partial charge in [0.1, 0.15) is 5.75 Å². The zero-order valence-corrected chi connectivity index (χ0v) is 10.9. The average Bonchev–Trinajstić information content (AvgIpc) is 2.44. The SMILES string of the molecule is C[C@@H](CN)NC(=O)COc1ccc2ccccc2c1. The third-order valence-electron chi connectivity index (χ3n) is 2.85. The summed E-state index contributed by atoms with van der Waals surface area (Å²) in [5.74, 6) is 0.528. The van der Waals surface area contributed by atoms with Gasteiger partial charge in [0.05, 0.1) is 0 Å². The zero-order valence-electron chi connectivity index (χ0n) is 10.9. The van der Waals surface area contributed by atoms with Gasteiger partial charge in [-0.05, 0) is 29.8 Å². The number of rotatable bonds is 5. The predicted molar refractivity (Wildman–Crippen MR) is 76.1 cm³/mol. The molecule has 0 aliphatic carbocycles. The average molecular weight is 258 g/mol. The molecule has 100 valence electrons. The standard InChI is InChI=1S/C15H18N2O2/c1-11(9-16)17-15(18)10-19-14-7-6-12-4-2-3-5-13(12)8-14/h2-8,11H,9-10,16H2,1H3,(H,17,18)/t11-/m0/s1. The summed E-state index contributed by atoms with van der Waals surface area (Å²) >= 11 is 0. The van der Waals surface area contributed by atoms with Crippen molar-refractivity contribution >= 4 is 16.7 Å². The molecule has 0 aliphatic heterocycles. The largest absolute Gasteiger partial charge is 0.484 e. The molecule has 0 bridgehead atoms. The lowest BCUT2D eigenvalue weighted by Gasteiger charge is -2.12. The Balaban J connectivity index is 1.96. The molecule has 0 aliphatic rings. The van der Waals surface area contributed by atoms with E-state index in [9.17, 15) is 4.79 Å². The summed E-state index contributed by atoms with van der Waals surface area (Å²) in [6.07, 6.45) is 0. The van der Waals surface area contributed by atoms with E-state index in [0.717, 1.165) is 10.8 Å². The van der Waals surface area contributed by atoms with Crippen LogP contribution in [-0.2, 0) is 4.79 Å². The summed E-state index contributed by atoms with van der Waals surface area (Å²) < 4.78 is 5.47. The minimum Gasteiger partial charge on any atom is -0.484 e. The molecule has 2 aromatic carbocycles. The van der Waals surface area contributed by atoms with Crippen LogP contribution in [0.25, 0.3) is 10.8 Å². The number of hydrogen-bond donors (Lipinski definition) is 2. The van der Waals surface area contributed by atoms with Crippen LogP contribution in [0.5, 0.6) is 5.75 Å². The van der Waals surface area contributed by atoms with Crippen molar-refractivity contribution < 1.29 is 9.53 Å². The molecule has 0 heterocycles. The van der Waals surface area contributed by atoms with Gasteiger partial charge in [0.25, 0.3) is 5.91 Å². The Morgan fingerprint density at radius 2 is 2.00 bits per heavy atom. The topological polar surface area (TPSA) is 64.3 Å². The lowest BCUT2D eigenvalue weighted by atomic mass is 10.1. The van der Waals surface area contributed by atoms with Crippen molar-refractivity contribution in [2.24, 2.45) is 5.73 Å². The van der Waals surface area contributed by atoms with Crippen molar-refractivity contribution in [3.05, 3.63) is 42.5 Å². The third kappa shape index (κ3) is 3.69. The number of nitrogens with two attached hydrogens (primary N) is 1. The van der Waals surface area contributed by atoms with Crippen LogP contribution in [0, 0.1) is 0 Å². The van der Waals surface area contributed by atoms with E-state index < -0.39 is 0 Å². The number of ether oxygens (including phenoxy) is 1. The predicted octanol–water partition coefficient (Wildman–Crippen LogP) is 1.68. The van der Waals surface area contributed by atoms with Gasteiger partial charge in [-0.15, -0.1) is 0 Å². The molecule has 1 amide bonds. The van der Waals surface area contributed by atoms with Crippen LogP contribution < -0.4 is 15.8 Å². The molecule has 1 atom stereocenters. The fourth-order valence-electron chi connectivity index (χ4n) is 1.78. The molecular formula is C15H18N2O2. The molecule has 2 rings (SSSR count). The van der Waals surface area contributed by atoms with Crippen LogP contribution in [0.1, 0.15) is 6.92 Å². The van der Waals surface area contributed by atoms with Crippen LogP contribution in [0.15, 0.2) is 42.5 Å². The first-order chi connectivity index (χ1) is 9.19. The van der Waals surface area contributed by atoms with Crippen molar-refractivity contribution in [2.45, 2.75) is 13.0 Å². The minimum absolute atomic E-state index is 0.00266. The van der Waals surface area contributed by atoms with Crippen LogP contribution >= 0.6 is 0 Å². The van der Waals surface area contributed by atoms with Gasteiger partial charge >= 0.3 is 0 Å². The van der Waals surface area contributed by atoms with Crippen molar-refractivity contribution in [3.8, 4) is 5.75 Å². The first-order valence-electron chi connectivity index (χ1n) is 6.30. The highest BCUT2D eigenvalue weighted by Crippen LogP contribution is 2.20. The molecule has 4 heteroatoms. The summed E-state index contributed by atoms with van der Waals surface area (Å²) in [5.41, 5.74) is 5.43. The third-order valence-corrected chi connectivity index (χ3v) is 2.85. The molecule has 3 N–H and O–H groups in total. The fourth-order valence-corrected chi connectivity index (χ4v) is 1.78. The quantitative estimate of drug-likeness (QED) is 0.857. The lowest BCUT2D eigenvalue weighted by molar-refractivity contribution is -0.123. The van der Waals surface area contributed by atoms with Gasteiger partial charge in [0, 0.05) is 12.6 Å². The Bertz CT molecular complexity index is 569. The highest BCUT2D eigenvalue weighted by Gasteiger charge is 2.06. The summed E-state index contributed by atoms with van der Waals surface area (Å²) in [7, 11) is 0. The van der Waals surface area contributed by atoms with E-state index in [1.54, 1.807) is 0 Å². The second kappa shape index (κ2) is 6.20. The molecule has 0 saturated heterocycles. The number of benzene rings is 2. The highest BCUT2D eigenvalue weighted by atomic mass is 16.5. The number of hydrogen-bond acceptors (Lipinski definition) is 3. The van der Waals surface area contributed by atoms with E-state index >= 15 is 0 Å². The van der Waals surface area contributed by atoms with E-state index in [0.29, 0.717) is 12.3 Å². The number of fused-ring (bicyclic) bond motifs is 1. The maximum atomic E-state index is 11.6. The first-order valence-corrected chi connectivity index (χ1v) is 6.30. The molecular weight excluding hydrogens is 240 g/mol. The zero-order chi connectivity index (χ0) is 13.7. The Morgan fingerprint density at radius 3 is 2.74 bits per heavy atom. The number of carbonyl (C=O) groups excluding carboxylic acids is 1. The van der Waals surface area contributed by atoms with Crippen molar-refractivity contribution in [1.29, 1.82) is 0 Å². The molecule has 0 spiro atoms. The van der Waals surface area contributed by atoms with E-state index in [-0.39, 0.29) is 18.6 Å². The normalized spacial score (nSPS) is 12.1. The molecule has 0 saturated carbocycles. The number of carbonyl (C=O) groups is 1. The Kier molecular flexibility index (Phi) is 4.36. The van der Waals surface area contributed by atoms with Crippen LogP contribution in [0.3, 0.4) is 0 Å². The molecule has 0 unspecified atom stereocenters. The number of amides is 1. The monoisotopic (exact) mass is 258 g/mol. The second-order valence-corrected chi connectivity index (χ2v) is 4.50. The van der Waals surface area contributed by atoms with E-state index in [2.05, 4.69) is 5.32 Å². The van der Waals surface area contributed by atoms with Gasteiger partial charge in [-0.2, -0.15) is 0 Å². The second-order valence-electron chi connectivity index (χ2n) is 4.50. The van der Waals surface area contributed by atoms with E-state index in [4.69, 9.17) is 10.5 Å². The van der Waals surface area contributed by atoms with Gasteiger partial charge < -0.3 is 15.8 Å². The highest BCUT2D eigenvalue weighted by molar-refractivity contribution is 5.84. The van der Waals surface area contributed by atoms with Crippen molar-refractivity contribution in [2.75, 3.05) is 13.2 Å². The molecule has 0 radical (unpaired) electrons. The summed E-state index contributed by atoms with van der Waals surface area (Å²) in [4.78, 5) is 11.6. The van der Waals surface area contributed by atoms with Crippen LogP contribution in [0.4, 0.5) is 0 Å². The maximum absolute atomic E-state index is 11.6. The van der Waals surface area contributed by atoms with Gasteiger partial charge in [-0.25, -0.2) is 0 Å². The van der Waals surface area contributed by atoms with Gasteiger partial charge in [-0.1, -0.05) is 30.3 Å². The van der Waals surface area contributed by atoms with Crippen molar-refractivity contribution in [3.63, 3.8) is 0 Å². The smallest absolute Gasteiger partial charge is 0.258 e. The fraction of sp³-hybridized carbons (Fsp3) is 0.267. The molecule has 0 aromatic heterocycles. The Morgan fingerprint density at radius 1 is 1.26 bits per heavy atom. The lowest BCUT2D eigenvalue weighted by Crippen LogP contribution is -2.40. The van der Waals surface area contributed by atoms with Gasteiger partial charge in [0.15, 0.2) is 6.61 Å². The summed E-state index contributed by atoms with van der Waals surface area (Å²) in [5, 5.41) is 4.99. The van der Waals surface area contributed by atoms with Crippen LogP contribution in [-0.4, -0.2) is 25.1 Å². The first kappa shape index (κ1) is 13.4. The van der Waals surface area contributed by atoms with Crippen molar-refractivity contribution in [1.82, 2.24) is 5.32 Å². The molecule has 2 aromatic rings.